The van der Waals surface area contributed by atoms with Crippen molar-refractivity contribution in [1.82, 2.24) is 19.9 Å². The number of likely N-dealkylation sites (tertiary alicyclic amines) is 1. The van der Waals surface area contributed by atoms with Crippen LogP contribution in [0.15, 0.2) is 55.0 Å². The van der Waals surface area contributed by atoms with Crippen LogP contribution in [0.5, 0.6) is 5.88 Å². The molecule has 1 unspecified atom stereocenters. The van der Waals surface area contributed by atoms with Crippen LogP contribution < -0.4 is 4.74 Å². The van der Waals surface area contributed by atoms with Crippen molar-refractivity contribution in [1.29, 1.82) is 0 Å². The molecule has 6 nitrogen and oxygen atoms in total. The van der Waals surface area contributed by atoms with E-state index in [4.69, 9.17) is 4.74 Å². The average molecular weight is 449 g/mol. The molecule has 3 aromatic rings. The van der Waals surface area contributed by atoms with E-state index >= 15 is 0 Å². The zero-order valence-corrected chi connectivity index (χ0v) is 19.1. The van der Waals surface area contributed by atoms with E-state index < -0.39 is 5.82 Å². The van der Waals surface area contributed by atoms with Crippen LogP contribution in [0.25, 0.3) is 11.4 Å². The molecule has 2 atom stereocenters. The summed E-state index contributed by atoms with van der Waals surface area (Å²) in [7, 11) is 0. The summed E-state index contributed by atoms with van der Waals surface area (Å²) in [5, 5.41) is 0. The quantitative estimate of drug-likeness (QED) is 0.504. The van der Waals surface area contributed by atoms with E-state index in [1.807, 2.05) is 30.0 Å². The standard InChI is InChI=1S/C26H29FN4O2/c1-3-5-21-9-7-19(17-33-24-11-8-20(27)15-30-24)16-31(21)26(32)23-14-18(2)6-10-22(23)25-28-12-4-13-29-25/h4,6,8,10-15,19,21H,3,5,7,9,16-17H2,1-2H3/t19-,21?/m1/s1. The van der Waals surface area contributed by atoms with Gasteiger partial charge >= 0.3 is 0 Å². The summed E-state index contributed by atoms with van der Waals surface area (Å²) in [6.45, 7) is 5.17. The van der Waals surface area contributed by atoms with Gasteiger partial charge in [0.2, 0.25) is 5.88 Å². The Morgan fingerprint density at radius 3 is 2.70 bits per heavy atom. The maximum absolute atomic E-state index is 13.9. The number of halogens is 1. The van der Waals surface area contributed by atoms with Crippen molar-refractivity contribution in [3.05, 3.63) is 71.9 Å². The number of rotatable bonds is 7. The Morgan fingerprint density at radius 1 is 1.15 bits per heavy atom. The molecule has 0 N–H and O–H groups in total. The second-order valence-electron chi connectivity index (χ2n) is 8.59. The van der Waals surface area contributed by atoms with Gasteiger partial charge in [-0.25, -0.2) is 19.3 Å². The van der Waals surface area contributed by atoms with Gasteiger partial charge < -0.3 is 9.64 Å². The molecular weight excluding hydrogens is 419 g/mol. The van der Waals surface area contributed by atoms with Crippen LogP contribution in [0.1, 0.15) is 48.5 Å². The Balaban J connectivity index is 1.56. The number of benzene rings is 1. The maximum Gasteiger partial charge on any atom is 0.254 e. The fourth-order valence-corrected chi connectivity index (χ4v) is 4.39. The van der Waals surface area contributed by atoms with E-state index in [0.717, 1.165) is 43.0 Å². The van der Waals surface area contributed by atoms with Crippen LogP contribution in [0.2, 0.25) is 0 Å². The molecule has 1 fully saturated rings. The SMILES string of the molecule is CCCC1CC[C@@H](COc2ccc(F)cn2)CN1C(=O)c1cc(C)ccc1-c1ncccn1. The number of hydrogen-bond acceptors (Lipinski definition) is 5. The van der Waals surface area contributed by atoms with Crippen LogP contribution in [-0.2, 0) is 0 Å². The summed E-state index contributed by atoms with van der Waals surface area (Å²) >= 11 is 0. The van der Waals surface area contributed by atoms with Crippen molar-refractivity contribution in [2.75, 3.05) is 13.2 Å². The highest BCUT2D eigenvalue weighted by molar-refractivity contribution is 6.00. The first-order valence-electron chi connectivity index (χ1n) is 11.5. The third kappa shape index (κ3) is 5.53. The first-order chi connectivity index (χ1) is 16.0. The summed E-state index contributed by atoms with van der Waals surface area (Å²) in [6, 6.07) is 10.7. The lowest BCUT2D eigenvalue weighted by molar-refractivity contribution is 0.0455. The summed E-state index contributed by atoms with van der Waals surface area (Å²) in [5.41, 5.74) is 2.39. The van der Waals surface area contributed by atoms with Gasteiger partial charge in [-0.2, -0.15) is 0 Å². The minimum Gasteiger partial charge on any atom is -0.477 e. The third-order valence-electron chi connectivity index (χ3n) is 6.07. The molecule has 2 aromatic heterocycles. The van der Waals surface area contributed by atoms with Crippen LogP contribution in [0, 0.1) is 18.7 Å². The lowest BCUT2D eigenvalue weighted by atomic mass is 9.89. The molecule has 33 heavy (non-hydrogen) atoms. The molecule has 0 spiro atoms. The molecule has 1 aromatic carbocycles. The summed E-state index contributed by atoms with van der Waals surface area (Å²) in [5.74, 6) is 0.731. The third-order valence-corrected chi connectivity index (χ3v) is 6.07. The molecular formula is C26H29FN4O2. The molecule has 1 aliphatic rings. The van der Waals surface area contributed by atoms with Crippen molar-refractivity contribution in [2.45, 2.75) is 45.6 Å². The highest BCUT2D eigenvalue weighted by atomic mass is 19.1. The molecule has 172 valence electrons. The first-order valence-corrected chi connectivity index (χ1v) is 11.5. The maximum atomic E-state index is 13.9. The minimum atomic E-state index is -0.393. The fourth-order valence-electron chi connectivity index (χ4n) is 4.39. The fraction of sp³-hybridized carbons (Fsp3) is 0.385. The Bertz CT molecular complexity index is 1080. The minimum absolute atomic E-state index is 0.00390. The van der Waals surface area contributed by atoms with Gasteiger partial charge in [0.15, 0.2) is 5.82 Å². The molecule has 3 heterocycles. The van der Waals surface area contributed by atoms with Gasteiger partial charge in [0, 0.05) is 42.5 Å². The van der Waals surface area contributed by atoms with Crippen LogP contribution in [0.4, 0.5) is 4.39 Å². The van der Waals surface area contributed by atoms with Crippen molar-refractivity contribution >= 4 is 5.91 Å². The van der Waals surface area contributed by atoms with Crippen molar-refractivity contribution in [2.24, 2.45) is 5.92 Å². The Hall–Kier alpha value is -3.35. The van der Waals surface area contributed by atoms with Gasteiger partial charge in [-0.3, -0.25) is 4.79 Å². The molecule has 0 aliphatic carbocycles. The molecule has 7 heteroatoms. The molecule has 0 saturated carbocycles. The Labute approximate surface area is 193 Å². The van der Waals surface area contributed by atoms with Crippen molar-refractivity contribution in [3.8, 4) is 17.3 Å². The van der Waals surface area contributed by atoms with Gasteiger partial charge in [0.05, 0.1) is 18.4 Å². The molecule has 4 rings (SSSR count). The van der Waals surface area contributed by atoms with Gasteiger partial charge in [-0.05, 0) is 44.4 Å². The second kappa shape index (κ2) is 10.5. The van der Waals surface area contributed by atoms with E-state index in [9.17, 15) is 9.18 Å². The number of nitrogens with zero attached hydrogens (tertiary/aromatic N) is 4. The number of ether oxygens (including phenoxy) is 1. The van der Waals surface area contributed by atoms with Crippen LogP contribution in [-0.4, -0.2) is 45.0 Å². The Kier molecular flexibility index (Phi) is 7.27. The average Bonchev–Trinajstić information content (AvgIpc) is 2.84. The number of hydrogen-bond donors (Lipinski definition) is 0. The predicted octanol–water partition coefficient (Wildman–Crippen LogP) is 5.09. The predicted molar refractivity (Wildman–Crippen MR) is 124 cm³/mol. The molecule has 1 amide bonds. The monoisotopic (exact) mass is 448 g/mol. The van der Waals surface area contributed by atoms with Crippen molar-refractivity contribution in [3.63, 3.8) is 0 Å². The topological polar surface area (TPSA) is 68.2 Å². The first kappa shape index (κ1) is 22.8. The van der Waals surface area contributed by atoms with E-state index in [-0.39, 0.29) is 17.9 Å². The highest BCUT2D eigenvalue weighted by Crippen LogP contribution is 2.30. The van der Waals surface area contributed by atoms with E-state index in [0.29, 0.717) is 30.4 Å². The number of carbonyl (C=O) groups excluding carboxylic acids is 1. The number of carbonyl (C=O) groups is 1. The van der Waals surface area contributed by atoms with Crippen molar-refractivity contribution < 1.29 is 13.9 Å². The molecule has 0 radical (unpaired) electrons. The van der Waals surface area contributed by atoms with E-state index in [1.165, 1.54) is 12.1 Å². The van der Waals surface area contributed by atoms with Gasteiger partial charge in [0.1, 0.15) is 5.82 Å². The Morgan fingerprint density at radius 2 is 1.97 bits per heavy atom. The summed E-state index contributed by atoms with van der Waals surface area (Å²) < 4.78 is 18.9. The van der Waals surface area contributed by atoms with Crippen LogP contribution >= 0.6 is 0 Å². The summed E-state index contributed by atoms with van der Waals surface area (Å²) in [4.78, 5) is 28.6. The van der Waals surface area contributed by atoms with Gasteiger partial charge in [-0.1, -0.05) is 31.0 Å². The zero-order chi connectivity index (χ0) is 23.2. The number of amides is 1. The molecule has 1 aliphatic heterocycles. The molecule has 0 bridgehead atoms. The summed E-state index contributed by atoms with van der Waals surface area (Å²) in [6.07, 6.45) is 8.39. The number of aromatic nitrogens is 3. The lowest BCUT2D eigenvalue weighted by Gasteiger charge is -2.40. The number of aryl methyl sites for hydroxylation is 1. The normalized spacial score (nSPS) is 18.2. The van der Waals surface area contributed by atoms with Crippen LogP contribution in [0.3, 0.4) is 0 Å². The number of pyridine rings is 1. The second-order valence-corrected chi connectivity index (χ2v) is 8.59. The zero-order valence-electron chi connectivity index (χ0n) is 19.1. The van der Waals surface area contributed by atoms with E-state index in [2.05, 4.69) is 21.9 Å². The van der Waals surface area contributed by atoms with E-state index in [1.54, 1.807) is 18.5 Å². The van der Waals surface area contributed by atoms with Gasteiger partial charge in [-0.15, -0.1) is 0 Å². The smallest absolute Gasteiger partial charge is 0.254 e. The van der Waals surface area contributed by atoms with Gasteiger partial charge in [0.25, 0.3) is 5.91 Å². The lowest BCUT2D eigenvalue weighted by Crippen LogP contribution is -2.48. The highest BCUT2D eigenvalue weighted by Gasteiger charge is 2.33. The largest absolute Gasteiger partial charge is 0.477 e. The number of piperidine rings is 1. The molecule has 1 saturated heterocycles.